The normalized spacial score (nSPS) is 15.4. The van der Waals surface area contributed by atoms with Gasteiger partial charge in [-0.05, 0) is 106 Å². The van der Waals surface area contributed by atoms with E-state index in [1.54, 1.807) is 0 Å². The number of hydrogen-bond acceptors (Lipinski definition) is 4. The average molecular weight is 872 g/mol. The van der Waals surface area contributed by atoms with E-state index >= 15 is 0 Å². The summed E-state index contributed by atoms with van der Waals surface area (Å²) in [5.74, 6) is 0.603. The molecule has 5 nitrogen and oxygen atoms in total. The Morgan fingerprint density at radius 2 is 1.07 bits per heavy atom. The molecule has 5 heteroatoms. The van der Waals surface area contributed by atoms with Crippen LogP contribution in [0.3, 0.4) is 0 Å². The summed E-state index contributed by atoms with van der Waals surface area (Å²) in [6.45, 7) is 2.29. The van der Waals surface area contributed by atoms with Crippen molar-refractivity contribution in [1.29, 1.82) is 0 Å². The van der Waals surface area contributed by atoms with Gasteiger partial charge in [-0.1, -0.05) is 153 Å². The average Bonchev–Trinajstić information content (AvgIpc) is 4.05. The van der Waals surface area contributed by atoms with Crippen LogP contribution in [0.2, 0.25) is 0 Å². The minimum Gasteiger partial charge on any atom is -0.456 e. The number of allylic oxidation sites excluding steroid dienone is 1. The molecule has 10 aromatic carbocycles. The number of benzene rings is 10. The Labute approximate surface area is 391 Å². The molecule has 0 radical (unpaired) electrons. The zero-order valence-electron chi connectivity index (χ0n) is 37.1. The van der Waals surface area contributed by atoms with Crippen LogP contribution in [0.15, 0.2) is 231 Å². The number of aromatic nitrogens is 1. The van der Waals surface area contributed by atoms with Gasteiger partial charge in [-0.3, -0.25) is 0 Å². The van der Waals surface area contributed by atoms with Gasteiger partial charge < -0.3 is 13.4 Å². The van der Waals surface area contributed by atoms with Gasteiger partial charge in [0, 0.05) is 54.9 Å². The summed E-state index contributed by atoms with van der Waals surface area (Å²) < 4.78 is 15.6. The third-order valence-electron chi connectivity index (χ3n) is 14.0. The van der Waals surface area contributed by atoms with Crippen molar-refractivity contribution in [3.8, 4) is 16.8 Å². The minimum absolute atomic E-state index is 0.0263. The molecule has 0 aliphatic carbocycles. The Morgan fingerprint density at radius 1 is 0.426 bits per heavy atom. The van der Waals surface area contributed by atoms with E-state index in [9.17, 15) is 0 Å². The molecular formula is C63H41N3O2. The Morgan fingerprint density at radius 3 is 1.88 bits per heavy atom. The molecule has 0 spiro atoms. The Kier molecular flexibility index (Phi) is 8.56. The molecule has 1 aliphatic rings. The zero-order valence-corrected chi connectivity index (χ0v) is 37.1. The van der Waals surface area contributed by atoms with E-state index in [2.05, 4.69) is 206 Å². The molecule has 0 bridgehead atoms. The molecule has 0 saturated carbocycles. The maximum Gasteiger partial charge on any atom is 0.160 e. The summed E-state index contributed by atoms with van der Waals surface area (Å²) >= 11 is 0. The third kappa shape index (κ3) is 6.09. The first-order valence-electron chi connectivity index (χ1n) is 23.4. The van der Waals surface area contributed by atoms with Crippen LogP contribution in [0.25, 0.3) is 110 Å². The van der Waals surface area contributed by atoms with Gasteiger partial charge in [0.2, 0.25) is 0 Å². The van der Waals surface area contributed by atoms with E-state index in [-0.39, 0.29) is 5.92 Å². The number of amidine groups is 1. The predicted molar refractivity (Wildman–Crippen MR) is 284 cm³/mol. The van der Waals surface area contributed by atoms with Gasteiger partial charge in [0.05, 0.1) is 28.1 Å². The van der Waals surface area contributed by atoms with E-state index in [1.807, 2.05) is 18.2 Å². The first-order chi connectivity index (χ1) is 33.6. The highest BCUT2D eigenvalue weighted by molar-refractivity contribution is 6.25. The molecule has 4 heterocycles. The number of nitrogens with zero attached hydrogens (tertiary/aromatic N) is 3. The van der Waals surface area contributed by atoms with E-state index in [0.29, 0.717) is 12.3 Å². The van der Waals surface area contributed by atoms with Crippen molar-refractivity contribution >= 4 is 104 Å². The van der Waals surface area contributed by atoms with Crippen molar-refractivity contribution < 1.29 is 8.83 Å². The number of hydrogen-bond donors (Lipinski definition) is 0. The van der Waals surface area contributed by atoms with Crippen LogP contribution in [0.1, 0.15) is 30.0 Å². The predicted octanol–water partition coefficient (Wildman–Crippen LogP) is 16.9. The molecule has 13 aromatic rings. The van der Waals surface area contributed by atoms with E-state index in [4.69, 9.17) is 18.8 Å². The smallest absolute Gasteiger partial charge is 0.160 e. The van der Waals surface area contributed by atoms with Crippen LogP contribution in [-0.4, -0.2) is 16.1 Å². The lowest BCUT2D eigenvalue weighted by atomic mass is 9.91. The third-order valence-corrected chi connectivity index (χ3v) is 14.0. The van der Waals surface area contributed by atoms with E-state index < -0.39 is 0 Å². The maximum atomic E-state index is 6.74. The highest BCUT2D eigenvalue weighted by atomic mass is 16.3. The van der Waals surface area contributed by atoms with Crippen LogP contribution >= 0.6 is 0 Å². The lowest BCUT2D eigenvalue weighted by molar-refractivity contribution is 0.668. The van der Waals surface area contributed by atoms with Crippen molar-refractivity contribution in [2.45, 2.75) is 13.3 Å². The molecule has 0 saturated heterocycles. The molecule has 320 valence electrons. The van der Waals surface area contributed by atoms with Crippen LogP contribution in [0.5, 0.6) is 0 Å². The quantitative estimate of drug-likeness (QED) is 0.173. The zero-order chi connectivity index (χ0) is 44.9. The number of rotatable bonds is 5. The molecular weight excluding hydrogens is 831 g/mol. The Hall–Kier alpha value is -8.80. The molecule has 68 heavy (non-hydrogen) atoms. The number of fused-ring (bicyclic) bond motifs is 12. The van der Waals surface area contributed by atoms with Crippen molar-refractivity contribution in [3.05, 3.63) is 229 Å². The fourth-order valence-electron chi connectivity index (χ4n) is 10.7. The second kappa shape index (κ2) is 15.1. The first kappa shape index (κ1) is 38.5. The fourth-order valence-corrected chi connectivity index (χ4v) is 10.7. The first-order valence-corrected chi connectivity index (χ1v) is 23.4. The van der Waals surface area contributed by atoms with Crippen molar-refractivity contribution in [1.82, 2.24) is 4.57 Å². The second-order valence-corrected chi connectivity index (χ2v) is 18.1. The second-order valence-electron chi connectivity index (χ2n) is 18.1. The highest BCUT2D eigenvalue weighted by Crippen LogP contribution is 2.43. The number of furan rings is 2. The lowest BCUT2D eigenvalue weighted by Gasteiger charge is -2.22. The van der Waals surface area contributed by atoms with Crippen LogP contribution in [0.4, 0.5) is 0 Å². The number of para-hydroxylation sites is 2. The van der Waals surface area contributed by atoms with Gasteiger partial charge in [0.25, 0.3) is 0 Å². The topological polar surface area (TPSA) is 55.9 Å². The largest absolute Gasteiger partial charge is 0.456 e. The monoisotopic (exact) mass is 871 g/mol. The molecule has 1 atom stereocenters. The summed E-state index contributed by atoms with van der Waals surface area (Å²) in [6.07, 6.45) is 3.01. The van der Waals surface area contributed by atoms with Gasteiger partial charge in [0.15, 0.2) is 5.84 Å². The van der Waals surface area contributed by atoms with Crippen LogP contribution in [-0.2, 0) is 0 Å². The molecule has 0 N–H and O–H groups in total. The molecule has 1 aliphatic heterocycles. The number of aliphatic imine (C=N–C) groups is 2. The van der Waals surface area contributed by atoms with Gasteiger partial charge in [0.1, 0.15) is 22.3 Å². The summed E-state index contributed by atoms with van der Waals surface area (Å²) in [7, 11) is 0. The highest BCUT2D eigenvalue weighted by Gasteiger charge is 2.26. The standard InChI is InChI=1S/C63H41N3O2/c1-38-26-29-53(44-20-13-19-41(32-44)39-14-3-2-4-15-39)64-63(45-28-31-59-49(34-45)47-22-9-11-24-57(47)67-59)65-62(38)52-37-60-50(48-23-10-12-25-58(48)68-60)36-56(52)66-54-30-27-40-16-7-8-21-46(40)61(54)51-33-42-17-5-6-18-43(42)35-55(51)66/h2-25,27-38H,26H2,1H3/b53-29+,64-63?,65-62?. The molecule has 3 aromatic heterocycles. The Balaban J connectivity index is 1.06. The summed E-state index contributed by atoms with van der Waals surface area (Å²) in [5.41, 5.74) is 13.7. The summed E-state index contributed by atoms with van der Waals surface area (Å²) in [5, 5.41) is 11.5. The molecule has 1 unspecified atom stereocenters. The van der Waals surface area contributed by atoms with Gasteiger partial charge in [-0.2, -0.15) is 0 Å². The van der Waals surface area contributed by atoms with Gasteiger partial charge in [-0.15, -0.1) is 0 Å². The van der Waals surface area contributed by atoms with E-state index in [0.717, 1.165) is 99.8 Å². The minimum atomic E-state index is -0.0263. The van der Waals surface area contributed by atoms with Gasteiger partial charge >= 0.3 is 0 Å². The maximum absolute atomic E-state index is 6.74. The molecule has 0 fully saturated rings. The van der Waals surface area contributed by atoms with Crippen molar-refractivity contribution in [2.75, 3.05) is 0 Å². The van der Waals surface area contributed by atoms with E-state index in [1.165, 1.54) is 32.3 Å². The van der Waals surface area contributed by atoms with Crippen LogP contribution in [0, 0.1) is 5.92 Å². The van der Waals surface area contributed by atoms with Crippen molar-refractivity contribution in [3.63, 3.8) is 0 Å². The summed E-state index contributed by atoms with van der Waals surface area (Å²) in [6, 6.07) is 73.4. The van der Waals surface area contributed by atoms with Crippen LogP contribution < -0.4 is 0 Å². The Bertz CT molecular complexity index is 4310. The SMILES string of the molecule is CC1C/C=C(\c2cccc(-c3ccccc3)c2)N=C(c2ccc3oc4ccccc4c3c2)N=C1c1cc2oc3ccccc3c2cc1-n1c2cc3ccccc3cc2c2c3ccccc3ccc21. The lowest BCUT2D eigenvalue weighted by Crippen LogP contribution is -2.19. The molecule has 14 rings (SSSR count). The fraction of sp³-hybridized carbons (Fsp3) is 0.0476. The molecule has 0 amide bonds. The van der Waals surface area contributed by atoms with Gasteiger partial charge in [-0.25, -0.2) is 9.98 Å². The van der Waals surface area contributed by atoms with Crippen molar-refractivity contribution in [2.24, 2.45) is 15.9 Å². The summed E-state index contributed by atoms with van der Waals surface area (Å²) in [4.78, 5) is 11.4.